The van der Waals surface area contributed by atoms with Crippen LogP contribution in [-0.2, 0) is 16.5 Å². The molecule has 3 unspecified atom stereocenters. The lowest BCUT2D eigenvalue weighted by Gasteiger charge is -2.32. The van der Waals surface area contributed by atoms with Crippen LogP contribution in [0.15, 0.2) is 85.1 Å². The third-order valence-corrected chi connectivity index (χ3v) is 8.67. The summed E-state index contributed by atoms with van der Waals surface area (Å²) in [5.74, 6) is 0.112. The first-order chi connectivity index (χ1) is 17.4. The van der Waals surface area contributed by atoms with Crippen molar-refractivity contribution in [3.63, 3.8) is 0 Å². The van der Waals surface area contributed by atoms with Crippen molar-refractivity contribution in [3.8, 4) is 11.6 Å². The van der Waals surface area contributed by atoms with Gasteiger partial charge in [-0.05, 0) is 56.5 Å². The Morgan fingerprint density at radius 3 is 2.47 bits per heavy atom. The molecule has 6 rings (SSSR count). The summed E-state index contributed by atoms with van der Waals surface area (Å²) in [6, 6.07) is 21.3. The topological polar surface area (TPSA) is 76.5 Å². The van der Waals surface area contributed by atoms with Gasteiger partial charge >= 0.3 is 0 Å². The summed E-state index contributed by atoms with van der Waals surface area (Å²) in [6.07, 6.45) is 10.9. The number of rotatable bonds is 4. The molecule has 3 aromatic carbocycles. The second-order valence-corrected chi connectivity index (χ2v) is 11.0. The predicted octanol–water partition coefficient (Wildman–Crippen LogP) is 4.86. The second kappa shape index (κ2) is 8.73. The highest BCUT2D eigenvalue weighted by Crippen LogP contribution is 2.39. The number of aromatic nitrogens is 1. The monoisotopic (exact) mass is 495 g/mol. The van der Waals surface area contributed by atoms with Crippen molar-refractivity contribution >= 4 is 33.0 Å². The number of allylic oxidation sites excluding steroid dienone is 2. The van der Waals surface area contributed by atoms with Gasteiger partial charge in [0.2, 0.25) is 5.88 Å². The van der Waals surface area contributed by atoms with E-state index in [0.717, 1.165) is 28.0 Å². The highest BCUT2D eigenvalue weighted by Gasteiger charge is 2.40. The van der Waals surface area contributed by atoms with Crippen LogP contribution in [0.1, 0.15) is 35.4 Å². The molecule has 0 bridgehead atoms. The van der Waals surface area contributed by atoms with Crippen LogP contribution in [0.25, 0.3) is 22.9 Å². The molecule has 0 amide bonds. The average molecular weight is 496 g/mol. The summed E-state index contributed by atoms with van der Waals surface area (Å²) in [5.41, 5.74) is 2.91. The van der Waals surface area contributed by atoms with E-state index in [9.17, 15) is 13.0 Å². The summed E-state index contributed by atoms with van der Waals surface area (Å²) in [5, 5.41) is 3.43. The van der Waals surface area contributed by atoms with Crippen LogP contribution in [0.3, 0.4) is 0 Å². The summed E-state index contributed by atoms with van der Waals surface area (Å²) in [6.45, 7) is 1.87. The molecule has 2 aliphatic carbocycles. The number of benzene rings is 3. The van der Waals surface area contributed by atoms with Crippen LogP contribution in [-0.4, -0.2) is 23.2 Å². The van der Waals surface area contributed by atoms with Gasteiger partial charge in [0.25, 0.3) is 10.1 Å². The third kappa shape index (κ3) is 3.92. The SMILES string of the molecule is CC1c2ccc3c4c(ccc3c2=CC(c2ccc(Oc3ccccc3)nc2)C1S(=O)(=O)O)CC=CC=4. The van der Waals surface area contributed by atoms with Gasteiger partial charge in [-0.3, -0.25) is 4.55 Å². The van der Waals surface area contributed by atoms with Crippen molar-refractivity contribution < 1.29 is 17.7 Å². The summed E-state index contributed by atoms with van der Waals surface area (Å²) in [4.78, 5) is 4.44. The molecule has 0 fully saturated rings. The Bertz CT molecular complexity index is 1730. The molecule has 1 heterocycles. The largest absolute Gasteiger partial charge is 0.439 e. The minimum atomic E-state index is -4.35. The molecule has 2 aliphatic rings. The summed E-state index contributed by atoms with van der Waals surface area (Å²) >= 11 is 0. The Hall–Kier alpha value is -3.74. The van der Waals surface area contributed by atoms with Crippen LogP contribution in [0, 0.1) is 0 Å². The van der Waals surface area contributed by atoms with Gasteiger partial charge in [0, 0.05) is 24.1 Å². The number of fused-ring (bicyclic) bond motifs is 5. The number of pyridine rings is 1. The molecule has 0 saturated heterocycles. The minimum absolute atomic E-state index is 0.408. The standard InChI is InChI=1S/C30H25NO4S/c1-19-23-14-15-25-24-10-6-5-7-20(24)11-13-26(25)28(23)17-27(30(19)36(32,33)34)21-12-16-29(31-18-21)35-22-8-3-2-4-9-22/h2-6,8-19,27,30H,7H2,1H3,(H,32,33,34). The van der Waals surface area contributed by atoms with Crippen molar-refractivity contribution in [2.75, 3.05) is 0 Å². The first-order valence-corrected chi connectivity index (χ1v) is 13.5. The van der Waals surface area contributed by atoms with Gasteiger partial charge in [0.15, 0.2) is 0 Å². The molecule has 5 nitrogen and oxygen atoms in total. The van der Waals surface area contributed by atoms with Crippen molar-refractivity contribution in [1.82, 2.24) is 4.98 Å². The van der Waals surface area contributed by atoms with Gasteiger partial charge in [-0.2, -0.15) is 8.42 Å². The lowest BCUT2D eigenvalue weighted by atomic mass is 9.78. The summed E-state index contributed by atoms with van der Waals surface area (Å²) in [7, 11) is -4.35. The van der Waals surface area contributed by atoms with Gasteiger partial charge in [-0.15, -0.1) is 0 Å². The fraction of sp³-hybridized carbons (Fsp3) is 0.167. The molecule has 36 heavy (non-hydrogen) atoms. The van der Waals surface area contributed by atoms with E-state index in [4.69, 9.17) is 4.74 Å². The third-order valence-electron chi connectivity index (χ3n) is 7.28. The van der Waals surface area contributed by atoms with Gasteiger partial charge in [-0.1, -0.05) is 79.8 Å². The van der Waals surface area contributed by atoms with Crippen LogP contribution in [0.4, 0.5) is 0 Å². The van der Waals surface area contributed by atoms with E-state index in [0.29, 0.717) is 17.2 Å². The van der Waals surface area contributed by atoms with Crippen LogP contribution in [0.2, 0.25) is 0 Å². The number of ether oxygens (including phenoxy) is 1. The van der Waals surface area contributed by atoms with Crippen LogP contribution in [0.5, 0.6) is 11.6 Å². The molecular formula is C30H25NO4S. The maximum atomic E-state index is 12.6. The molecule has 1 aromatic heterocycles. The average Bonchev–Trinajstić information content (AvgIpc) is 2.88. The van der Waals surface area contributed by atoms with Gasteiger partial charge in [0.1, 0.15) is 11.0 Å². The molecule has 4 aromatic rings. The Morgan fingerprint density at radius 1 is 0.944 bits per heavy atom. The lowest BCUT2D eigenvalue weighted by Crippen LogP contribution is -2.39. The fourth-order valence-corrected chi connectivity index (χ4v) is 6.85. The number of nitrogens with zero attached hydrogens (tertiary/aromatic N) is 1. The zero-order valence-corrected chi connectivity index (χ0v) is 20.5. The van der Waals surface area contributed by atoms with E-state index < -0.39 is 27.2 Å². The van der Waals surface area contributed by atoms with Gasteiger partial charge in [0.05, 0.1) is 0 Å². The van der Waals surface area contributed by atoms with Crippen molar-refractivity contribution in [2.45, 2.75) is 30.4 Å². The Kier molecular flexibility index (Phi) is 5.51. The predicted molar refractivity (Wildman–Crippen MR) is 142 cm³/mol. The van der Waals surface area contributed by atoms with E-state index in [1.165, 1.54) is 10.8 Å². The highest BCUT2D eigenvalue weighted by atomic mass is 32.2. The van der Waals surface area contributed by atoms with E-state index in [2.05, 4.69) is 41.4 Å². The maximum Gasteiger partial charge on any atom is 0.269 e. The second-order valence-electron chi connectivity index (χ2n) is 9.41. The molecule has 0 spiro atoms. The molecular weight excluding hydrogens is 470 g/mol. The molecule has 180 valence electrons. The zero-order valence-electron chi connectivity index (χ0n) is 19.7. The maximum absolute atomic E-state index is 12.6. The minimum Gasteiger partial charge on any atom is -0.439 e. The number of hydrogen-bond donors (Lipinski definition) is 1. The smallest absolute Gasteiger partial charge is 0.269 e. The van der Waals surface area contributed by atoms with Crippen molar-refractivity contribution in [2.24, 2.45) is 0 Å². The zero-order chi connectivity index (χ0) is 24.9. The molecule has 1 N–H and O–H groups in total. The van der Waals surface area contributed by atoms with E-state index in [1.54, 1.807) is 12.3 Å². The first kappa shape index (κ1) is 22.7. The van der Waals surface area contributed by atoms with E-state index >= 15 is 0 Å². The normalized spacial score (nSPS) is 20.7. The molecule has 3 atom stereocenters. The Morgan fingerprint density at radius 2 is 1.72 bits per heavy atom. The van der Waals surface area contributed by atoms with Gasteiger partial charge in [-0.25, -0.2) is 4.98 Å². The van der Waals surface area contributed by atoms with Crippen LogP contribution >= 0.6 is 0 Å². The fourth-order valence-electron chi connectivity index (χ4n) is 5.58. The van der Waals surface area contributed by atoms with E-state index in [-0.39, 0.29) is 0 Å². The molecule has 0 aliphatic heterocycles. The van der Waals surface area contributed by atoms with Crippen molar-refractivity contribution in [3.05, 3.63) is 112 Å². The quantitative estimate of drug-likeness (QED) is 0.409. The lowest BCUT2D eigenvalue weighted by molar-refractivity contribution is 0.446. The molecule has 6 heteroatoms. The van der Waals surface area contributed by atoms with Gasteiger partial charge < -0.3 is 4.74 Å². The molecule has 0 radical (unpaired) electrons. The highest BCUT2D eigenvalue weighted by molar-refractivity contribution is 7.86. The summed E-state index contributed by atoms with van der Waals surface area (Å²) < 4.78 is 41.4. The Labute approximate surface area is 209 Å². The van der Waals surface area contributed by atoms with Crippen LogP contribution < -0.4 is 15.2 Å². The van der Waals surface area contributed by atoms with E-state index in [1.807, 2.05) is 55.5 Å². The molecule has 0 saturated carbocycles. The number of hydrogen-bond acceptors (Lipinski definition) is 4. The Balaban J connectivity index is 1.50. The van der Waals surface area contributed by atoms with Crippen molar-refractivity contribution in [1.29, 1.82) is 0 Å². The first-order valence-electron chi connectivity index (χ1n) is 12.0. The number of para-hydroxylation sites is 1.